The summed E-state index contributed by atoms with van der Waals surface area (Å²) in [5, 5.41) is 12.6. The highest BCUT2D eigenvalue weighted by Gasteiger charge is 2.24. The van der Waals surface area contributed by atoms with Crippen LogP contribution in [0.2, 0.25) is 0 Å². The first kappa shape index (κ1) is 13.9. The Balaban J connectivity index is 2.26. The van der Waals surface area contributed by atoms with E-state index in [1.54, 1.807) is 0 Å². The van der Waals surface area contributed by atoms with Crippen molar-refractivity contribution in [2.45, 2.75) is 58.1 Å². The van der Waals surface area contributed by atoms with E-state index in [2.05, 4.69) is 19.2 Å². The van der Waals surface area contributed by atoms with Crippen molar-refractivity contribution in [3.63, 3.8) is 0 Å². The zero-order valence-corrected chi connectivity index (χ0v) is 11.0. The smallest absolute Gasteiger partial charge is 0.0586 e. The second-order valence-corrected chi connectivity index (χ2v) is 5.74. The van der Waals surface area contributed by atoms with E-state index in [1.165, 1.54) is 19.3 Å². The van der Waals surface area contributed by atoms with Gasteiger partial charge in [-0.05, 0) is 37.5 Å². The number of hydrogen-bond acceptors (Lipinski definition) is 3. The van der Waals surface area contributed by atoms with Crippen LogP contribution in [0.25, 0.3) is 0 Å². The summed E-state index contributed by atoms with van der Waals surface area (Å²) in [6.07, 6.45) is 6.15. The molecule has 3 nitrogen and oxygen atoms in total. The second-order valence-electron chi connectivity index (χ2n) is 5.74. The van der Waals surface area contributed by atoms with E-state index >= 15 is 0 Å². The lowest BCUT2D eigenvalue weighted by Gasteiger charge is -2.32. The molecule has 1 rings (SSSR count). The van der Waals surface area contributed by atoms with E-state index in [0.29, 0.717) is 12.1 Å². The highest BCUT2D eigenvalue weighted by Crippen LogP contribution is 2.23. The summed E-state index contributed by atoms with van der Waals surface area (Å²) in [5.41, 5.74) is 0.189. The van der Waals surface area contributed by atoms with E-state index in [9.17, 15) is 0 Å². The Morgan fingerprint density at radius 2 is 2.12 bits per heavy atom. The van der Waals surface area contributed by atoms with Gasteiger partial charge in [-0.1, -0.05) is 13.8 Å². The Hall–Kier alpha value is -0.120. The Bertz CT molecular complexity index is 194. The van der Waals surface area contributed by atoms with Crippen LogP contribution in [0.5, 0.6) is 0 Å². The Morgan fingerprint density at radius 1 is 1.38 bits per heavy atom. The topological polar surface area (TPSA) is 41.5 Å². The molecule has 1 aliphatic carbocycles. The van der Waals surface area contributed by atoms with E-state index in [4.69, 9.17) is 9.84 Å². The molecule has 2 unspecified atom stereocenters. The van der Waals surface area contributed by atoms with E-state index in [0.717, 1.165) is 19.4 Å². The third kappa shape index (κ3) is 4.81. The van der Waals surface area contributed by atoms with Crippen LogP contribution in [0, 0.1) is 5.41 Å². The summed E-state index contributed by atoms with van der Waals surface area (Å²) in [5.74, 6) is 0. The monoisotopic (exact) mass is 229 g/mol. The van der Waals surface area contributed by atoms with Crippen molar-refractivity contribution in [2.24, 2.45) is 5.41 Å². The number of methoxy groups -OCH3 is 1. The summed E-state index contributed by atoms with van der Waals surface area (Å²) in [4.78, 5) is 0. The highest BCUT2D eigenvalue weighted by molar-refractivity contribution is 4.81. The molecule has 1 aliphatic rings. The third-order valence-corrected chi connectivity index (χ3v) is 3.62. The fraction of sp³-hybridized carbons (Fsp3) is 1.00. The molecule has 16 heavy (non-hydrogen) atoms. The molecular weight excluding hydrogens is 202 g/mol. The van der Waals surface area contributed by atoms with Gasteiger partial charge in [0, 0.05) is 26.3 Å². The maximum Gasteiger partial charge on any atom is 0.0586 e. The molecule has 2 atom stereocenters. The highest BCUT2D eigenvalue weighted by atomic mass is 16.5. The molecule has 0 bridgehead atoms. The maximum atomic E-state index is 8.97. The summed E-state index contributed by atoms with van der Waals surface area (Å²) in [6.45, 7) is 5.66. The van der Waals surface area contributed by atoms with Crippen LogP contribution in [0.15, 0.2) is 0 Å². The zero-order chi connectivity index (χ0) is 12.0. The van der Waals surface area contributed by atoms with Crippen LogP contribution in [-0.2, 0) is 4.74 Å². The molecule has 0 spiro atoms. The first-order valence-corrected chi connectivity index (χ1v) is 6.44. The lowest BCUT2D eigenvalue weighted by Crippen LogP contribution is -2.41. The van der Waals surface area contributed by atoms with Gasteiger partial charge in [0.1, 0.15) is 0 Å². The zero-order valence-electron chi connectivity index (χ0n) is 11.0. The molecule has 0 aliphatic heterocycles. The minimum absolute atomic E-state index is 0.189. The van der Waals surface area contributed by atoms with Gasteiger partial charge in [-0.2, -0.15) is 0 Å². The molecule has 96 valence electrons. The summed E-state index contributed by atoms with van der Waals surface area (Å²) >= 11 is 0. The van der Waals surface area contributed by atoms with Crippen LogP contribution in [0.1, 0.15) is 46.0 Å². The quantitative estimate of drug-likeness (QED) is 0.731. The molecule has 0 aromatic heterocycles. The van der Waals surface area contributed by atoms with Crippen molar-refractivity contribution in [1.82, 2.24) is 5.32 Å². The molecule has 2 N–H and O–H groups in total. The van der Waals surface area contributed by atoms with Gasteiger partial charge in [0.25, 0.3) is 0 Å². The number of aliphatic hydroxyl groups excluding tert-OH is 1. The lowest BCUT2D eigenvalue weighted by molar-refractivity contribution is 0.0565. The SMILES string of the molecule is COC1CCCC(NCC(C)(C)CCO)C1. The fourth-order valence-corrected chi connectivity index (χ4v) is 2.36. The number of rotatable bonds is 6. The Morgan fingerprint density at radius 3 is 2.75 bits per heavy atom. The van der Waals surface area contributed by atoms with Crippen LogP contribution < -0.4 is 5.32 Å². The van der Waals surface area contributed by atoms with Crippen LogP contribution in [0.3, 0.4) is 0 Å². The van der Waals surface area contributed by atoms with E-state index in [-0.39, 0.29) is 12.0 Å². The molecule has 0 aromatic rings. The van der Waals surface area contributed by atoms with Crippen molar-refractivity contribution in [3.05, 3.63) is 0 Å². The van der Waals surface area contributed by atoms with Crippen LogP contribution in [-0.4, -0.2) is 37.5 Å². The van der Waals surface area contributed by atoms with Gasteiger partial charge in [-0.3, -0.25) is 0 Å². The van der Waals surface area contributed by atoms with Crippen molar-refractivity contribution < 1.29 is 9.84 Å². The number of ether oxygens (including phenoxy) is 1. The standard InChI is InChI=1S/C13H27NO2/c1-13(2,7-8-15)10-14-11-5-4-6-12(9-11)16-3/h11-12,14-15H,4-10H2,1-3H3. The van der Waals surface area contributed by atoms with E-state index in [1.807, 2.05) is 7.11 Å². The molecule has 0 radical (unpaired) electrons. The number of aliphatic hydroxyl groups is 1. The van der Waals surface area contributed by atoms with Crippen molar-refractivity contribution in [3.8, 4) is 0 Å². The van der Waals surface area contributed by atoms with Crippen LogP contribution >= 0.6 is 0 Å². The van der Waals surface area contributed by atoms with Gasteiger partial charge in [0.05, 0.1) is 6.10 Å². The predicted molar refractivity (Wildman–Crippen MR) is 66.5 cm³/mol. The first-order chi connectivity index (χ1) is 7.57. The number of hydrogen-bond donors (Lipinski definition) is 2. The maximum absolute atomic E-state index is 8.97. The second kappa shape index (κ2) is 6.58. The molecule has 0 heterocycles. The van der Waals surface area contributed by atoms with Crippen molar-refractivity contribution >= 4 is 0 Å². The van der Waals surface area contributed by atoms with Gasteiger partial charge in [-0.25, -0.2) is 0 Å². The molecule has 1 saturated carbocycles. The number of nitrogens with one attached hydrogen (secondary N) is 1. The van der Waals surface area contributed by atoms with E-state index < -0.39 is 0 Å². The van der Waals surface area contributed by atoms with Gasteiger partial charge >= 0.3 is 0 Å². The molecule has 3 heteroatoms. The Kier molecular flexibility index (Phi) is 5.73. The summed E-state index contributed by atoms with van der Waals surface area (Å²) < 4.78 is 5.42. The predicted octanol–water partition coefficient (Wildman–Crippen LogP) is 1.94. The fourth-order valence-electron chi connectivity index (χ4n) is 2.36. The normalized spacial score (nSPS) is 27.0. The van der Waals surface area contributed by atoms with Gasteiger partial charge in [-0.15, -0.1) is 0 Å². The molecule has 0 amide bonds. The van der Waals surface area contributed by atoms with Crippen molar-refractivity contribution in [2.75, 3.05) is 20.3 Å². The van der Waals surface area contributed by atoms with Crippen molar-refractivity contribution in [1.29, 1.82) is 0 Å². The van der Waals surface area contributed by atoms with Gasteiger partial charge in [0.15, 0.2) is 0 Å². The van der Waals surface area contributed by atoms with Gasteiger partial charge in [0.2, 0.25) is 0 Å². The Labute approximate surface area is 99.6 Å². The lowest BCUT2D eigenvalue weighted by atomic mass is 9.87. The minimum Gasteiger partial charge on any atom is -0.396 e. The minimum atomic E-state index is 0.189. The molecule has 0 saturated heterocycles. The average molecular weight is 229 g/mol. The summed E-state index contributed by atoms with van der Waals surface area (Å²) in [6, 6.07) is 0.594. The third-order valence-electron chi connectivity index (χ3n) is 3.62. The first-order valence-electron chi connectivity index (χ1n) is 6.44. The molecule has 1 fully saturated rings. The average Bonchev–Trinajstić information content (AvgIpc) is 2.27. The largest absolute Gasteiger partial charge is 0.396 e. The molecular formula is C13H27NO2. The van der Waals surface area contributed by atoms with Crippen LogP contribution in [0.4, 0.5) is 0 Å². The summed E-state index contributed by atoms with van der Waals surface area (Å²) in [7, 11) is 1.81. The van der Waals surface area contributed by atoms with Gasteiger partial charge < -0.3 is 15.2 Å². The molecule has 0 aromatic carbocycles.